The molecule has 1 aromatic carbocycles. The Bertz CT molecular complexity index is 437. The number of nitrogens with two attached hydrogens (primary N) is 1. The number of fused-ring (bicyclic) bond motifs is 1. The first-order chi connectivity index (χ1) is 9.21. The number of nitrogens with zero attached hydrogens (tertiary/aromatic N) is 1. The van der Waals surface area contributed by atoms with Crippen molar-refractivity contribution in [3.8, 4) is 17.2 Å². The van der Waals surface area contributed by atoms with E-state index in [-0.39, 0.29) is 12.8 Å². The number of ether oxygens (including phenoxy) is 3. The third kappa shape index (κ3) is 2.77. The summed E-state index contributed by atoms with van der Waals surface area (Å²) in [6, 6.07) is 4.13. The van der Waals surface area contributed by atoms with Crippen molar-refractivity contribution in [2.24, 2.45) is 5.73 Å². The fourth-order valence-corrected chi connectivity index (χ4v) is 2.42. The molecule has 2 rings (SSSR count). The molecule has 5 nitrogen and oxygen atoms in total. The standard InChI is InChI=1S/C14H22N2O3/c1-4-5-16(2)11(8-15)10-6-12(17-3)14-13(7-10)18-9-19-14/h6-7,11H,4-5,8-9,15H2,1-3H3. The number of likely N-dealkylation sites (N-methyl/N-ethyl adjacent to an activating group) is 1. The van der Waals surface area contributed by atoms with Crippen LogP contribution in [0.25, 0.3) is 0 Å². The van der Waals surface area contributed by atoms with Gasteiger partial charge in [-0.25, -0.2) is 0 Å². The molecule has 0 amide bonds. The molecule has 0 spiro atoms. The van der Waals surface area contributed by atoms with Crippen LogP contribution in [0.15, 0.2) is 12.1 Å². The number of benzene rings is 1. The molecule has 1 unspecified atom stereocenters. The Labute approximate surface area is 114 Å². The third-order valence-electron chi connectivity index (χ3n) is 3.40. The van der Waals surface area contributed by atoms with Crippen molar-refractivity contribution in [2.45, 2.75) is 19.4 Å². The Hall–Kier alpha value is -1.46. The Morgan fingerprint density at radius 2 is 2.21 bits per heavy atom. The first-order valence-corrected chi connectivity index (χ1v) is 6.59. The van der Waals surface area contributed by atoms with Crippen molar-refractivity contribution in [2.75, 3.05) is 34.0 Å². The molecule has 0 aromatic heterocycles. The summed E-state index contributed by atoms with van der Waals surface area (Å²) in [4.78, 5) is 2.25. The summed E-state index contributed by atoms with van der Waals surface area (Å²) in [5.74, 6) is 2.12. The lowest BCUT2D eigenvalue weighted by atomic mass is 10.0. The first-order valence-electron chi connectivity index (χ1n) is 6.59. The van der Waals surface area contributed by atoms with Gasteiger partial charge in [0.15, 0.2) is 11.5 Å². The van der Waals surface area contributed by atoms with E-state index in [2.05, 4.69) is 18.9 Å². The Balaban J connectivity index is 2.33. The molecule has 0 aliphatic carbocycles. The summed E-state index contributed by atoms with van der Waals surface area (Å²) in [6.45, 7) is 3.95. The van der Waals surface area contributed by atoms with Crippen LogP contribution in [0.4, 0.5) is 0 Å². The van der Waals surface area contributed by atoms with Crippen LogP contribution in [-0.2, 0) is 0 Å². The molecule has 1 aromatic rings. The van der Waals surface area contributed by atoms with Crippen molar-refractivity contribution in [1.29, 1.82) is 0 Å². The predicted molar refractivity (Wildman–Crippen MR) is 73.8 cm³/mol. The number of rotatable bonds is 6. The lowest BCUT2D eigenvalue weighted by Crippen LogP contribution is -2.31. The van der Waals surface area contributed by atoms with E-state index in [1.54, 1.807) is 7.11 Å². The summed E-state index contributed by atoms with van der Waals surface area (Å²) in [7, 11) is 3.71. The SMILES string of the molecule is CCCN(C)C(CN)c1cc(OC)c2c(c1)OCO2. The minimum atomic E-state index is 0.156. The van der Waals surface area contributed by atoms with Gasteiger partial charge >= 0.3 is 0 Å². The van der Waals surface area contributed by atoms with Crippen LogP contribution in [-0.4, -0.2) is 38.9 Å². The van der Waals surface area contributed by atoms with E-state index in [9.17, 15) is 0 Å². The summed E-state index contributed by atoms with van der Waals surface area (Å²) in [5, 5.41) is 0. The predicted octanol–water partition coefficient (Wildman–Crippen LogP) is 1.77. The van der Waals surface area contributed by atoms with Gasteiger partial charge in [0.1, 0.15) is 0 Å². The van der Waals surface area contributed by atoms with Gasteiger partial charge in [-0.1, -0.05) is 6.92 Å². The highest BCUT2D eigenvalue weighted by Crippen LogP contribution is 2.43. The highest BCUT2D eigenvalue weighted by Gasteiger charge is 2.24. The van der Waals surface area contributed by atoms with Crippen molar-refractivity contribution in [1.82, 2.24) is 4.90 Å². The summed E-state index contributed by atoms with van der Waals surface area (Å²) < 4.78 is 16.2. The molecule has 106 valence electrons. The van der Waals surface area contributed by atoms with Crippen LogP contribution >= 0.6 is 0 Å². The molecule has 1 atom stereocenters. The second-order valence-corrected chi connectivity index (χ2v) is 4.69. The molecule has 1 aliphatic rings. The van der Waals surface area contributed by atoms with Crippen LogP contribution in [0.3, 0.4) is 0 Å². The van der Waals surface area contributed by atoms with Gasteiger partial charge < -0.3 is 19.9 Å². The minimum absolute atomic E-state index is 0.156. The number of hydrogen-bond acceptors (Lipinski definition) is 5. The first kappa shape index (κ1) is 14.0. The van der Waals surface area contributed by atoms with Gasteiger partial charge in [0, 0.05) is 12.6 Å². The van der Waals surface area contributed by atoms with Gasteiger partial charge in [-0.3, -0.25) is 4.90 Å². The molecule has 1 heterocycles. The van der Waals surface area contributed by atoms with Gasteiger partial charge in [-0.15, -0.1) is 0 Å². The van der Waals surface area contributed by atoms with Crippen molar-refractivity contribution >= 4 is 0 Å². The summed E-state index contributed by atoms with van der Waals surface area (Å²) in [5.41, 5.74) is 7.01. The molecule has 0 radical (unpaired) electrons. The average molecular weight is 266 g/mol. The van der Waals surface area contributed by atoms with Gasteiger partial charge in [0.2, 0.25) is 12.5 Å². The summed E-state index contributed by atoms with van der Waals surface area (Å²) >= 11 is 0. The fourth-order valence-electron chi connectivity index (χ4n) is 2.42. The van der Waals surface area contributed by atoms with Crippen molar-refractivity contribution in [3.05, 3.63) is 17.7 Å². The van der Waals surface area contributed by atoms with Gasteiger partial charge in [0.05, 0.1) is 7.11 Å². The molecule has 0 saturated heterocycles. The molecule has 2 N–H and O–H groups in total. The highest BCUT2D eigenvalue weighted by molar-refractivity contribution is 5.55. The zero-order chi connectivity index (χ0) is 13.8. The average Bonchev–Trinajstić information content (AvgIpc) is 2.87. The Morgan fingerprint density at radius 3 is 2.84 bits per heavy atom. The monoisotopic (exact) mass is 266 g/mol. The largest absolute Gasteiger partial charge is 0.493 e. The molecular formula is C14H22N2O3. The highest BCUT2D eigenvalue weighted by atomic mass is 16.7. The van der Waals surface area contributed by atoms with E-state index < -0.39 is 0 Å². The van der Waals surface area contributed by atoms with Gasteiger partial charge in [0.25, 0.3) is 0 Å². The zero-order valence-electron chi connectivity index (χ0n) is 11.8. The van der Waals surface area contributed by atoms with Gasteiger partial charge in [-0.05, 0) is 37.7 Å². The molecule has 0 fully saturated rings. The third-order valence-corrected chi connectivity index (χ3v) is 3.40. The van der Waals surface area contributed by atoms with E-state index in [4.69, 9.17) is 19.9 Å². The molecule has 1 aliphatic heterocycles. The lowest BCUT2D eigenvalue weighted by Gasteiger charge is -2.27. The molecule has 5 heteroatoms. The van der Waals surface area contributed by atoms with Crippen LogP contribution in [0.1, 0.15) is 24.9 Å². The maximum Gasteiger partial charge on any atom is 0.231 e. The quantitative estimate of drug-likeness (QED) is 0.850. The smallest absolute Gasteiger partial charge is 0.231 e. The van der Waals surface area contributed by atoms with E-state index in [1.165, 1.54) is 0 Å². The van der Waals surface area contributed by atoms with E-state index in [0.29, 0.717) is 18.0 Å². The zero-order valence-corrected chi connectivity index (χ0v) is 11.8. The van der Waals surface area contributed by atoms with Crippen LogP contribution in [0.2, 0.25) is 0 Å². The molecule has 19 heavy (non-hydrogen) atoms. The van der Waals surface area contributed by atoms with E-state index >= 15 is 0 Å². The second-order valence-electron chi connectivity index (χ2n) is 4.69. The Morgan fingerprint density at radius 1 is 1.42 bits per heavy atom. The topological polar surface area (TPSA) is 57.0 Å². The molecular weight excluding hydrogens is 244 g/mol. The normalized spacial score (nSPS) is 14.8. The number of hydrogen-bond donors (Lipinski definition) is 1. The lowest BCUT2D eigenvalue weighted by molar-refractivity contribution is 0.171. The van der Waals surface area contributed by atoms with Gasteiger partial charge in [-0.2, -0.15) is 0 Å². The number of methoxy groups -OCH3 is 1. The van der Waals surface area contributed by atoms with Crippen LogP contribution in [0, 0.1) is 0 Å². The maximum absolute atomic E-state index is 5.92. The maximum atomic E-state index is 5.92. The second kappa shape index (κ2) is 6.12. The fraction of sp³-hybridized carbons (Fsp3) is 0.571. The minimum Gasteiger partial charge on any atom is -0.493 e. The molecule has 0 saturated carbocycles. The van der Waals surface area contributed by atoms with E-state index in [0.717, 1.165) is 24.3 Å². The van der Waals surface area contributed by atoms with E-state index in [1.807, 2.05) is 12.1 Å². The van der Waals surface area contributed by atoms with Crippen molar-refractivity contribution < 1.29 is 14.2 Å². The van der Waals surface area contributed by atoms with Crippen LogP contribution < -0.4 is 19.9 Å². The molecule has 0 bridgehead atoms. The van der Waals surface area contributed by atoms with Crippen molar-refractivity contribution in [3.63, 3.8) is 0 Å². The Kier molecular flexibility index (Phi) is 4.50. The summed E-state index contributed by atoms with van der Waals surface area (Å²) in [6.07, 6.45) is 1.09. The van der Waals surface area contributed by atoms with Crippen LogP contribution in [0.5, 0.6) is 17.2 Å².